The molecule has 0 aliphatic heterocycles. The number of aliphatic imine (C=N–C) groups is 1. The van der Waals surface area contributed by atoms with Crippen LogP contribution < -0.4 is 20.5 Å². The van der Waals surface area contributed by atoms with Crippen molar-refractivity contribution in [2.45, 2.75) is 13.5 Å². The van der Waals surface area contributed by atoms with Gasteiger partial charge in [-0.15, -0.1) is 0 Å². The molecule has 24 heavy (non-hydrogen) atoms. The first-order valence-electron chi connectivity index (χ1n) is 7.35. The van der Waals surface area contributed by atoms with Crippen LogP contribution in [-0.4, -0.2) is 19.7 Å². The quantitative estimate of drug-likeness (QED) is 0.588. The SMILES string of the molecule is CCOc1cc(Cl)ccc1CN=C(N)Nc1ccc(OC)c(Cl)c1. The maximum Gasteiger partial charge on any atom is 0.193 e. The fourth-order valence-corrected chi connectivity index (χ4v) is 2.47. The molecule has 2 aromatic carbocycles. The van der Waals surface area contributed by atoms with Gasteiger partial charge in [0.1, 0.15) is 11.5 Å². The summed E-state index contributed by atoms with van der Waals surface area (Å²) in [4.78, 5) is 4.32. The number of benzene rings is 2. The molecule has 5 nitrogen and oxygen atoms in total. The maximum atomic E-state index is 6.08. The Labute approximate surface area is 151 Å². The number of rotatable bonds is 6. The molecule has 0 aliphatic carbocycles. The molecule has 3 N–H and O–H groups in total. The molecule has 128 valence electrons. The number of guanidine groups is 1. The number of halogens is 2. The van der Waals surface area contributed by atoms with Gasteiger partial charge in [-0.25, -0.2) is 4.99 Å². The van der Waals surface area contributed by atoms with E-state index in [2.05, 4.69) is 10.3 Å². The Hall–Kier alpha value is -2.11. The minimum atomic E-state index is 0.272. The first kappa shape index (κ1) is 18.2. The van der Waals surface area contributed by atoms with Crippen LogP contribution in [0.2, 0.25) is 10.0 Å². The zero-order chi connectivity index (χ0) is 17.5. The first-order valence-corrected chi connectivity index (χ1v) is 8.10. The van der Waals surface area contributed by atoms with Gasteiger partial charge < -0.3 is 20.5 Å². The Morgan fingerprint density at radius 2 is 1.96 bits per heavy atom. The fraction of sp³-hybridized carbons (Fsp3) is 0.235. The van der Waals surface area contributed by atoms with Crippen molar-refractivity contribution in [1.29, 1.82) is 0 Å². The molecule has 0 amide bonds. The lowest BCUT2D eigenvalue weighted by atomic mass is 10.2. The zero-order valence-electron chi connectivity index (χ0n) is 13.5. The summed E-state index contributed by atoms with van der Waals surface area (Å²) >= 11 is 12.1. The maximum absolute atomic E-state index is 6.08. The molecule has 0 atom stereocenters. The predicted octanol–water partition coefficient (Wildman–Crippen LogP) is 4.33. The Kier molecular flexibility index (Phi) is 6.58. The van der Waals surface area contributed by atoms with Crippen molar-refractivity contribution in [2.24, 2.45) is 10.7 Å². The van der Waals surface area contributed by atoms with Crippen molar-refractivity contribution in [3.8, 4) is 11.5 Å². The van der Waals surface area contributed by atoms with Gasteiger partial charge in [-0.05, 0) is 37.3 Å². The number of ether oxygens (including phenoxy) is 2. The third kappa shape index (κ3) is 4.94. The van der Waals surface area contributed by atoms with Crippen molar-refractivity contribution in [3.05, 3.63) is 52.0 Å². The molecule has 0 heterocycles. The smallest absolute Gasteiger partial charge is 0.193 e. The van der Waals surface area contributed by atoms with E-state index in [1.165, 1.54) is 0 Å². The minimum Gasteiger partial charge on any atom is -0.495 e. The van der Waals surface area contributed by atoms with Crippen LogP contribution >= 0.6 is 23.2 Å². The van der Waals surface area contributed by atoms with Crippen molar-refractivity contribution in [2.75, 3.05) is 19.0 Å². The molecule has 0 saturated heterocycles. The Morgan fingerprint density at radius 1 is 1.17 bits per heavy atom. The van der Waals surface area contributed by atoms with Gasteiger partial charge >= 0.3 is 0 Å². The Balaban J connectivity index is 2.08. The predicted molar refractivity (Wildman–Crippen MR) is 99.6 cm³/mol. The highest BCUT2D eigenvalue weighted by molar-refractivity contribution is 6.32. The summed E-state index contributed by atoms with van der Waals surface area (Å²) in [5, 5.41) is 4.10. The van der Waals surface area contributed by atoms with Gasteiger partial charge in [0, 0.05) is 16.3 Å². The number of anilines is 1. The number of nitrogens with one attached hydrogen (secondary N) is 1. The molecule has 0 bridgehead atoms. The summed E-state index contributed by atoms with van der Waals surface area (Å²) in [6.07, 6.45) is 0. The van der Waals surface area contributed by atoms with E-state index in [-0.39, 0.29) is 5.96 Å². The molecule has 7 heteroatoms. The monoisotopic (exact) mass is 367 g/mol. The molecule has 0 aliphatic rings. The largest absolute Gasteiger partial charge is 0.495 e. The van der Waals surface area contributed by atoms with Gasteiger partial charge in [0.05, 0.1) is 25.3 Å². The van der Waals surface area contributed by atoms with Crippen molar-refractivity contribution in [1.82, 2.24) is 0 Å². The molecular weight excluding hydrogens is 349 g/mol. The third-order valence-corrected chi connectivity index (χ3v) is 3.70. The van der Waals surface area contributed by atoms with Crippen LogP contribution in [0.15, 0.2) is 41.4 Å². The second-order valence-corrected chi connectivity index (χ2v) is 5.70. The van der Waals surface area contributed by atoms with E-state index in [4.69, 9.17) is 38.4 Å². The van der Waals surface area contributed by atoms with Gasteiger partial charge in [-0.1, -0.05) is 29.3 Å². The molecule has 0 aromatic heterocycles. The number of hydrogen-bond acceptors (Lipinski definition) is 3. The normalized spacial score (nSPS) is 11.2. The van der Waals surface area contributed by atoms with Gasteiger partial charge in [0.2, 0.25) is 0 Å². The molecule has 2 rings (SSSR count). The lowest BCUT2D eigenvalue weighted by molar-refractivity contribution is 0.336. The summed E-state index contributed by atoms with van der Waals surface area (Å²) in [7, 11) is 1.56. The lowest BCUT2D eigenvalue weighted by Gasteiger charge is -2.10. The van der Waals surface area contributed by atoms with Crippen LogP contribution in [0.1, 0.15) is 12.5 Å². The van der Waals surface area contributed by atoms with E-state index >= 15 is 0 Å². The van der Waals surface area contributed by atoms with E-state index in [1.54, 1.807) is 37.4 Å². The van der Waals surface area contributed by atoms with Crippen LogP contribution in [0.4, 0.5) is 5.69 Å². The number of hydrogen-bond donors (Lipinski definition) is 2. The van der Waals surface area contributed by atoms with E-state index in [0.717, 1.165) is 11.3 Å². The molecule has 2 aromatic rings. The molecule has 0 fully saturated rings. The second-order valence-electron chi connectivity index (χ2n) is 4.86. The Morgan fingerprint density at radius 3 is 2.62 bits per heavy atom. The van der Waals surface area contributed by atoms with E-state index in [1.807, 2.05) is 13.0 Å². The molecular formula is C17H19Cl2N3O2. The third-order valence-electron chi connectivity index (χ3n) is 3.17. The van der Waals surface area contributed by atoms with Crippen molar-refractivity contribution in [3.63, 3.8) is 0 Å². The van der Waals surface area contributed by atoms with Crippen LogP contribution in [0.25, 0.3) is 0 Å². The van der Waals surface area contributed by atoms with Crippen molar-refractivity contribution >= 4 is 34.8 Å². The standard InChI is InChI=1S/C17H19Cl2N3O2/c1-3-24-16-8-12(18)5-4-11(16)10-21-17(20)22-13-6-7-15(23-2)14(19)9-13/h4-9H,3,10H2,1-2H3,(H3,20,21,22). The lowest BCUT2D eigenvalue weighted by Crippen LogP contribution is -2.22. The highest BCUT2D eigenvalue weighted by Gasteiger charge is 2.05. The summed E-state index contributed by atoms with van der Waals surface area (Å²) in [5.74, 6) is 1.57. The van der Waals surface area contributed by atoms with Crippen LogP contribution in [0, 0.1) is 0 Å². The van der Waals surface area contributed by atoms with E-state index in [9.17, 15) is 0 Å². The van der Waals surface area contributed by atoms with E-state index < -0.39 is 0 Å². The Bertz CT molecular complexity index is 736. The second kappa shape index (κ2) is 8.66. The topological polar surface area (TPSA) is 68.9 Å². The number of methoxy groups -OCH3 is 1. The molecule has 0 unspecified atom stereocenters. The molecule has 0 spiro atoms. The summed E-state index contributed by atoms with van der Waals surface area (Å²) in [5.41, 5.74) is 7.55. The summed E-state index contributed by atoms with van der Waals surface area (Å²) < 4.78 is 10.7. The summed E-state index contributed by atoms with van der Waals surface area (Å²) in [6, 6.07) is 10.7. The molecule has 0 saturated carbocycles. The first-order chi connectivity index (χ1) is 11.5. The average Bonchev–Trinajstić information content (AvgIpc) is 2.54. The fourth-order valence-electron chi connectivity index (χ4n) is 2.05. The minimum absolute atomic E-state index is 0.272. The van der Waals surface area contributed by atoms with Crippen molar-refractivity contribution < 1.29 is 9.47 Å². The van der Waals surface area contributed by atoms with Gasteiger partial charge in [0.15, 0.2) is 5.96 Å². The van der Waals surface area contributed by atoms with Crippen LogP contribution in [-0.2, 0) is 6.54 Å². The highest BCUT2D eigenvalue weighted by Crippen LogP contribution is 2.27. The number of nitrogens with zero attached hydrogens (tertiary/aromatic N) is 1. The van der Waals surface area contributed by atoms with Crippen LogP contribution in [0.3, 0.4) is 0 Å². The average molecular weight is 368 g/mol. The van der Waals surface area contributed by atoms with Gasteiger partial charge in [-0.2, -0.15) is 0 Å². The molecule has 0 radical (unpaired) electrons. The summed E-state index contributed by atoms with van der Waals surface area (Å²) in [6.45, 7) is 2.83. The van der Waals surface area contributed by atoms with Crippen LogP contribution in [0.5, 0.6) is 11.5 Å². The van der Waals surface area contributed by atoms with Gasteiger partial charge in [-0.3, -0.25) is 0 Å². The highest BCUT2D eigenvalue weighted by atomic mass is 35.5. The zero-order valence-corrected chi connectivity index (χ0v) is 15.0. The number of nitrogens with two attached hydrogens (primary N) is 1. The van der Waals surface area contributed by atoms with Gasteiger partial charge in [0.25, 0.3) is 0 Å². The van der Waals surface area contributed by atoms with E-state index in [0.29, 0.717) is 34.7 Å².